The number of para-hydroxylation sites is 1. The zero-order valence-corrected chi connectivity index (χ0v) is 20.6. The standard InChI is InChI=1S/C28H31N3O5/c1-31(18-21-9-12-25-26(17-21)36-16-15-35-25)19-27(32)30-24-6-4-3-5-23(24)28(33)29-14-13-20-7-10-22(34-2)11-8-20/h3-12,17H,13-16,18-19H2,1-2H3,(H,29,33)(H,30,32)/p+1. The molecular formula is C28H32N3O5+. The van der Waals surface area contributed by atoms with Crippen LogP contribution in [0.5, 0.6) is 17.2 Å². The van der Waals surface area contributed by atoms with Crippen LogP contribution in [0.4, 0.5) is 5.69 Å². The largest absolute Gasteiger partial charge is 0.497 e. The van der Waals surface area contributed by atoms with E-state index in [0.717, 1.165) is 33.3 Å². The fourth-order valence-corrected chi connectivity index (χ4v) is 4.08. The predicted octanol–water partition coefficient (Wildman–Crippen LogP) is 2.09. The van der Waals surface area contributed by atoms with Gasteiger partial charge in [0.15, 0.2) is 18.0 Å². The van der Waals surface area contributed by atoms with E-state index in [4.69, 9.17) is 14.2 Å². The number of ether oxygens (including phenoxy) is 3. The number of amides is 2. The molecule has 36 heavy (non-hydrogen) atoms. The summed E-state index contributed by atoms with van der Waals surface area (Å²) in [6.07, 6.45) is 0.693. The van der Waals surface area contributed by atoms with Gasteiger partial charge in [-0.3, -0.25) is 9.59 Å². The van der Waals surface area contributed by atoms with Crippen molar-refractivity contribution in [2.75, 3.05) is 45.8 Å². The number of hydrogen-bond acceptors (Lipinski definition) is 5. The third-order valence-corrected chi connectivity index (χ3v) is 5.88. The molecule has 0 fully saturated rings. The Morgan fingerprint density at radius 3 is 2.44 bits per heavy atom. The van der Waals surface area contributed by atoms with Crippen LogP contribution < -0.4 is 29.7 Å². The van der Waals surface area contributed by atoms with Gasteiger partial charge in [0.25, 0.3) is 11.8 Å². The van der Waals surface area contributed by atoms with Crippen LogP contribution in [0.25, 0.3) is 0 Å². The first kappa shape index (κ1) is 25.1. The average Bonchev–Trinajstić information content (AvgIpc) is 2.89. The molecule has 8 nitrogen and oxygen atoms in total. The van der Waals surface area contributed by atoms with Gasteiger partial charge in [-0.25, -0.2) is 0 Å². The summed E-state index contributed by atoms with van der Waals surface area (Å²) in [7, 11) is 3.58. The first-order chi connectivity index (χ1) is 17.5. The highest BCUT2D eigenvalue weighted by Gasteiger charge is 2.17. The molecule has 8 heteroatoms. The van der Waals surface area contributed by atoms with E-state index in [9.17, 15) is 9.59 Å². The van der Waals surface area contributed by atoms with E-state index in [1.54, 1.807) is 31.4 Å². The van der Waals surface area contributed by atoms with Crippen LogP contribution in [0, 0.1) is 0 Å². The number of carbonyl (C=O) groups is 2. The number of benzene rings is 3. The molecule has 0 aromatic heterocycles. The second-order valence-corrected chi connectivity index (χ2v) is 8.74. The lowest BCUT2D eigenvalue weighted by Gasteiger charge is -2.20. The summed E-state index contributed by atoms with van der Waals surface area (Å²) in [5.41, 5.74) is 3.09. The van der Waals surface area contributed by atoms with Crippen molar-refractivity contribution in [3.8, 4) is 17.2 Å². The first-order valence-corrected chi connectivity index (χ1v) is 12.0. The smallest absolute Gasteiger partial charge is 0.279 e. The molecule has 0 bridgehead atoms. The monoisotopic (exact) mass is 490 g/mol. The fourth-order valence-electron chi connectivity index (χ4n) is 4.08. The molecule has 0 spiro atoms. The van der Waals surface area contributed by atoms with Crippen molar-refractivity contribution in [3.05, 3.63) is 83.4 Å². The van der Waals surface area contributed by atoms with Gasteiger partial charge in [-0.2, -0.15) is 0 Å². The molecule has 1 heterocycles. The van der Waals surface area contributed by atoms with Crippen LogP contribution in [0.3, 0.4) is 0 Å². The molecule has 1 atom stereocenters. The van der Waals surface area contributed by atoms with Gasteiger partial charge in [0, 0.05) is 12.1 Å². The zero-order chi connectivity index (χ0) is 25.3. The van der Waals surface area contributed by atoms with Crippen molar-refractivity contribution in [2.24, 2.45) is 0 Å². The van der Waals surface area contributed by atoms with Gasteiger partial charge in [-0.15, -0.1) is 0 Å². The molecule has 3 aromatic rings. The Balaban J connectivity index is 1.28. The van der Waals surface area contributed by atoms with E-state index in [1.807, 2.05) is 49.5 Å². The molecule has 188 valence electrons. The van der Waals surface area contributed by atoms with Gasteiger partial charge < -0.3 is 29.7 Å². The topological polar surface area (TPSA) is 90.3 Å². The number of anilines is 1. The van der Waals surface area contributed by atoms with E-state index in [-0.39, 0.29) is 18.4 Å². The van der Waals surface area contributed by atoms with Crippen molar-refractivity contribution in [2.45, 2.75) is 13.0 Å². The Kier molecular flexibility index (Phi) is 8.41. The van der Waals surface area contributed by atoms with Gasteiger partial charge in [-0.05, 0) is 54.4 Å². The van der Waals surface area contributed by atoms with Crippen LogP contribution in [-0.4, -0.2) is 52.3 Å². The van der Waals surface area contributed by atoms with E-state index in [1.165, 1.54) is 0 Å². The number of rotatable bonds is 10. The Bertz CT molecular complexity index is 1200. The minimum atomic E-state index is -0.226. The van der Waals surface area contributed by atoms with Crippen LogP contribution in [0.2, 0.25) is 0 Å². The quantitative estimate of drug-likeness (QED) is 0.405. The second-order valence-electron chi connectivity index (χ2n) is 8.74. The fraction of sp³-hybridized carbons (Fsp3) is 0.286. The number of carbonyl (C=O) groups excluding carboxylic acids is 2. The third kappa shape index (κ3) is 6.76. The number of methoxy groups -OCH3 is 1. The lowest BCUT2D eigenvalue weighted by Crippen LogP contribution is -3.08. The predicted molar refractivity (Wildman–Crippen MR) is 137 cm³/mol. The van der Waals surface area contributed by atoms with Gasteiger partial charge in [-0.1, -0.05) is 24.3 Å². The van der Waals surface area contributed by atoms with E-state index >= 15 is 0 Å². The summed E-state index contributed by atoms with van der Waals surface area (Å²) >= 11 is 0. The summed E-state index contributed by atoms with van der Waals surface area (Å²) in [4.78, 5) is 26.6. The van der Waals surface area contributed by atoms with Crippen molar-refractivity contribution in [1.29, 1.82) is 0 Å². The highest BCUT2D eigenvalue weighted by molar-refractivity contribution is 6.03. The average molecular weight is 491 g/mol. The molecule has 0 saturated carbocycles. The molecule has 0 radical (unpaired) electrons. The molecule has 4 rings (SSSR count). The van der Waals surface area contributed by atoms with E-state index in [2.05, 4.69) is 10.6 Å². The lowest BCUT2D eigenvalue weighted by atomic mass is 10.1. The Morgan fingerprint density at radius 2 is 1.67 bits per heavy atom. The van der Waals surface area contributed by atoms with Crippen LogP contribution >= 0.6 is 0 Å². The summed E-state index contributed by atoms with van der Waals surface area (Å²) in [5.74, 6) is 1.90. The number of nitrogens with one attached hydrogen (secondary N) is 3. The van der Waals surface area contributed by atoms with Crippen molar-refractivity contribution in [1.82, 2.24) is 5.32 Å². The Labute approximate surface area is 211 Å². The molecule has 1 aliphatic heterocycles. The summed E-state index contributed by atoms with van der Waals surface area (Å²) in [6.45, 7) is 2.48. The SMILES string of the molecule is COc1ccc(CCNC(=O)c2ccccc2NC(=O)C[NH+](C)Cc2ccc3c(c2)OCCO3)cc1. The second kappa shape index (κ2) is 12.1. The molecule has 0 aliphatic carbocycles. The highest BCUT2D eigenvalue weighted by atomic mass is 16.6. The molecule has 1 unspecified atom stereocenters. The van der Waals surface area contributed by atoms with Crippen LogP contribution in [-0.2, 0) is 17.8 Å². The van der Waals surface area contributed by atoms with Gasteiger partial charge in [0.05, 0.1) is 25.4 Å². The summed E-state index contributed by atoms with van der Waals surface area (Å²) in [5, 5.41) is 5.84. The van der Waals surface area contributed by atoms with E-state index < -0.39 is 0 Å². The first-order valence-electron chi connectivity index (χ1n) is 12.0. The number of hydrogen-bond donors (Lipinski definition) is 3. The number of quaternary nitrogens is 1. The maximum atomic E-state index is 12.8. The Hall–Kier alpha value is -4.04. The molecular weight excluding hydrogens is 458 g/mol. The number of likely N-dealkylation sites (N-methyl/N-ethyl adjacent to an activating group) is 1. The van der Waals surface area contributed by atoms with Gasteiger partial charge in [0.2, 0.25) is 0 Å². The molecule has 1 aliphatic rings. The maximum absolute atomic E-state index is 12.8. The van der Waals surface area contributed by atoms with Crippen molar-refractivity contribution >= 4 is 17.5 Å². The van der Waals surface area contributed by atoms with Crippen LogP contribution in [0.1, 0.15) is 21.5 Å². The molecule has 3 N–H and O–H groups in total. The molecule has 3 aromatic carbocycles. The van der Waals surface area contributed by atoms with E-state index in [0.29, 0.717) is 44.0 Å². The third-order valence-electron chi connectivity index (χ3n) is 5.88. The van der Waals surface area contributed by atoms with Crippen molar-refractivity contribution < 1.29 is 28.7 Å². The summed E-state index contributed by atoms with van der Waals surface area (Å²) < 4.78 is 16.4. The number of fused-ring (bicyclic) bond motifs is 1. The van der Waals surface area contributed by atoms with Crippen molar-refractivity contribution in [3.63, 3.8) is 0 Å². The van der Waals surface area contributed by atoms with Crippen LogP contribution in [0.15, 0.2) is 66.7 Å². The normalized spacial score (nSPS) is 12.9. The zero-order valence-electron chi connectivity index (χ0n) is 20.6. The minimum Gasteiger partial charge on any atom is -0.497 e. The molecule has 0 saturated heterocycles. The highest BCUT2D eigenvalue weighted by Crippen LogP contribution is 2.30. The van der Waals surface area contributed by atoms with Gasteiger partial charge >= 0.3 is 0 Å². The van der Waals surface area contributed by atoms with Gasteiger partial charge in [0.1, 0.15) is 25.5 Å². The molecule has 2 amide bonds. The Morgan fingerprint density at radius 1 is 0.944 bits per heavy atom. The summed E-state index contributed by atoms with van der Waals surface area (Å²) in [6, 6.07) is 20.6. The minimum absolute atomic E-state index is 0.163. The lowest BCUT2D eigenvalue weighted by molar-refractivity contribution is -0.885. The maximum Gasteiger partial charge on any atom is 0.279 e.